The lowest BCUT2D eigenvalue weighted by molar-refractivity contribution is 0.0958. The van der Waals surface area contributed by atoms with Gasteiger partial charge in [-0.2, -0.15) is 0 Å². The third-order valence-corrected chi connectivity index (χ3v) is 7.09. The second-order valence-corrected chi connectivity index (χ2v) is 9.22. The van der Waals surface area contributed by atoms with Crippen LogP contribution in [-0.4, -0.2) is 12.5 Å². The van der Waals surface area contributed by atoms with Crippen molar-refractivity contribution in [3.8, 4) is 0 Å². The number of thiophene rings is 2. The zero-order valence-electron chi connectivity index (χ0n) is 9.00. The molecule has 0 fully saturated rings. The van der Waals surface area contributed by atoms with E-state index in [4.69, 9.17) is 0 Å². The summed E-state index contributed by atoms with van der Waals surface area (Å²) in [7, 11) is 0. The van der Waals surface area contributed by atoms with Crippen molar-refractivity contribution in [2.75, 3.05) is 6.54 Å². The minimum absolute atomic E-state index is 0.0259. The highest BCUT2D eigenvalue weighted by Crippen LogP contribution is 2.32. The molecule has 0 spiro atoms. The molecule has 0 radical (unpaired) electrons. The Bertz CT molecular complexity index is 545. The summed E-state index contributed by atoms with van der Waals surface area (Å²) in [5.41, 5.74) is 0. The molecule has 0 aromatic carbocycles. The highest BCUT2D eigenvalue weighted by atomic mass is 79.9. The quantitative estimate of drug-likeness (QED) is 0.660. The van der Waals surface area contributed by atoms with Crippen molar-refractivity contribution in [1.82, 2.24) is 5.32 Å². The number of halogens is 3. The van der Waals surface area contributed by atoms with Gasteiger partial charge in [-0.05, 0) is 72.4 Å². The van der Waals surface area contributed by atoms with Crippen molar-refractivity contribution in [3.05, 3.63) is 40.0 Å². The van der Waals surface area contributed by atoms with Gasteiger partial charge >= 0.3 is 0 Å². The molecular formula is C11H8Br3NOS2. The van der Waals surface area contributed by atoms with E-state index < -0.39 is 0 Å². The van der Waals surface area contributed by atoms with E-state index in [0.717, 1.165) is 18.5 Å². The van der Waals surface area contributed by atoms with Crippen molar-refractivity contribution in [3.63, 3.8) is 0 Å². The van der Waals surface area contributed by atoms with Crippen LogP contribution < -0.4 is 5.32 Å². The molecule has 1 amide bonds. The lowest BCUT2D eigenvalue weighted by Crippen LogP contribution is -2.24. The topological polar surface area (TPSA) is 29.1 Å². The Morgan fingerprint density at radius 1 is 1.22 bits per heavy atom. The molecule has 0 saturated heterocycles. The van der Waals surface area contributed by atoms with E-state index in [9.17, 15) is 4.79 Å². The van der Waals surface area contributed by atoms with Crippen LogP contribution in [-0.2, 0) is 6.42 Å². The maximum absolute atomic E-state index is 11.9. The van der Waals surface area contributed by atoms with Crippen LogP contribution in [0.15, 0.2) is 30.2 Å². The molecule has 2 rings (SSSR count). The summed E-state index contributed by atoms with van der Waals surface area (Å²) in [6, 6.07) is 5.92. The molecule has 96 valence electrons. The van der Waals surface area contributed by atoms with Crippen LogP contribution in [0.5, 0.6) is 0 Å². The largest absolute Gasteiger partial charge is 0.351 e. The zero-order chi connectivity index (χ0) is 13.1. The molecule has 2 nitrogen and oxygen atoms in total. The monoisotopic (exact) mass is 471 g/mol. The van der Waals surface area contributed by atoms with E-state index in [1.54, 1.807) is 11.3 Å². The fourth-order valence-electron chi connectivity index (χ4n) is 1.33. The van der Waals surface area contributed by atoms with E-state index in [1.807, 2.05) is 12.1 Å². The molecule has 0 saturated carbocycles. The number of carbonyl (C=O) groups excluding carboxylic acids is 1. The Hall–Kier alpha value is 0.310. The summed E-state index contributed by atoms with van der Waals surface area (Å²) in [5, 5.41) is 2.92. The van der Waals surface area contributed by atoms with Gasteiger partial charge in [-0.25, -0.2) is 0 Å². The molecule has 7 heteroatoms. The first-order valence-electron chi connectivity index (χ1n) is 5.03. The molecule has 1 N–H and O–H groups in total. The van der Waals surface area contributed by atoms with Gasteiger partial charge in [-0.1, -0.05) is 0 Å². The van der Waals surface area contributed by atoms with Crippen molar-refractivity contribution >= 4 is 76.4 Å². The third kappa shape index (κ3) is 3.90. The molecule has 18 heavy (non-hydrogen) atoms. The van der Waals surface area contributed by atoms with Gasteiger partial charge in [0.15, 0.2) is 0 Å². The Morgan fingerprint density at radius 3 is 2.56 bits per heavy atom. The average molecular weight is 474 g/mol. The molecule has 0 unspecified atom stereocenters. The van der Waals surface area contributed by atoms with Crippen molar-refractivity contribution < 1.29 is 4.79 Å². The molecule has 0 bridgehead atoms. The summed E-state index contributed by atoms with van der Waals surface area (Å²) in [6.45, 7) is 0.652. The molecule has 2 aromatic rings. The lowest BCUT2D eigenvalue weighted by Gasteiger charge is -2.01. The maximum Gasteiger partial charge on any atom is 0.261 e. The first-order chi connectivity index (χ1) is 8.56. The number of amides is 1. The fourth-order valence-corrected chi connectivity index (χ4v) is 4.77. The normalized spacial score (nSPS) is 10.6. The van der Waals surface area contributed by atoms with Gasteiger partial charge in [0.2, 0.25) is 0 Å². The Kier molecular flexibility index (Phi) is 5.44. The summed E-state index contributed by atoms with van der Waals surface area (Å²) < 4.78 is 2.98. The van der Waals surface area contributed by atoms with Crippen LogP contribution >= 0.6 is 70.5 Å². The number of nitrogens with one attached hydrogen (secondary N) is 1. The Morgan fingerprint density at radius 2 is 2.00 bits per heavy atom. The van der Waals surface area contributed by atoms with Crippen LogP contribution in [0.3, 0.4) is 0 Å². The number of carbonyl (C=O) groups is 1. The molecule has 2 aromatic heterocycles. The van der Waals surface area contributed by atoms with Gasteiger partial charge in [0.1, 0.15) is 0 Å². The third-order valence-electron chi connectivity index (χ3n) is 2.15. The molecular weight excluding hydrogens is 466 g/mol. The van der Waals surface area contributed by atoms with Gasteiger partial charge in [0.05, 0.1) is 12.4 Å². The Labute approximate surface area is 138 Å². The number of rotatable bonds is 4. The standard InChI is InChI=1S/C11H8Br3NOS2/c12-7-5-8(18-10(7)14)11(16)15-4-3-6-1-2-9(13)17-6/h1-2,5H,3-4H2,(H,15,16). The Balaban J connectivity index is 1.85. The second-order valence-electron chi connectivity index (χ2n) is 3.44. The highest BCUT2D eigenvalue weighted by molar-refractivity contribution is 9.13. The van der Waals surface area contributed by atoms with Crippen LogP contribution in [0, 0.1) is 0 Å². The maximum atomic E-state index is 11.9. The van der Waals surface area contributed by atoms with Crippen LogP contribution in [0.25, 0.3) is 0 Å². The van der Waals surface area contributed by atoms with Crippen LogP contribution in [0.2, 0.25) is 0 Å². The van der Waals surface area contributed by atoms with Gasteiger partial charge in [0, 0.05) is 15.9 Å². The smallest absolute Gasteiger partial charge is 0.261 e. The van der Waals surface area contributed by atoms with E-state index in [1.165, 1.54) is 16.2 Å². The summed E-state index contributed by atoms with van der Waals surface area (Å²) >= 11 is 13.3. The van der Waals surface area contributed by atoms with Gasteiger partial charge < -0.3 is 5.32 Å². The molecule has 0 aliphatic rings. The first-order valence-corrected chi connectivity index (χ1v) is 9.04. The van der Waals surface area contributed by atoms with Gasteiger partial charge in [-0.3, -0.25) is 4.79 Å². The van der Waals surface area contributed by atoms with E-state index >= 15 is 0 Å². The van der Waals surface area contributed by atoms with Crippen LogP contribution in [0.1, 0.15) is 14.5 Å². The van der Waals surface area contributed by atoms with E-state index in [-0.39, 0.29) is 5.91 Å². The molecule has 0 aliphatic carbocycles. The van der Waals surface area contributed by atoms with Crippen molar-refractivity contribution in [2.45, 2.75) is 6.42 Å². The average Bonchev–Trinajstić information content (AvgIpc) is 2.87. The molecule has 0 atom stereocenters. The van der Waals surface area contributed by atoms with Gasteiger partial charge in [-0.15, -0.1) is 22.7 Å². The zero-order valence-corrected chi connectivity index (χ0v) is 15.4. The summed E-state index contributed by atoms with van der Waals surface area (Å²) in [5.74, 6) is -0.0259. The minimum Gasteiger partial charge on any atom is -0.351 e. The lowest BCUT2D eigenvalue weighted by atomic mass is 10.3. The van der Waals surface area contributed by atoms with Gasteiger partial charge in [0.25, 0.3) is 5.91 Å². The van der Waals surface area contributed by atoms with E-state index in [0.29, 0.717) is 11.4 Å². The SMILES string of the molecule is O=C(NCCc1ccc(Br)s1)c1cc(Br)c(Br)s1. The highest BCUT2D eigenvalue weighted by Gasteiger charge is 2.11. The summed E-state index contributed by atoms with van der Waals surface area (Å²) in [4.78, 5) is 13.8. The van der Waals surface area contributed by atoms with Crippen molar-refractivity contribution in [2.24, 2.45) is 0 Å². The number of hydrogen-bond donors (Lipinski definition) is 1. The van der Waals surface area contributed by atoms with Crippen molar-refractivity contribution in [1.29, 1.82) is 0 Å². The predicted octanol–water partition coefficient (Wildman–Crippen LogP) is 5.07. The summed E-state index contributed by atoms with van der Waals surface area (Å²) in [6.07, 6.45) is 0.857. The van der Waals surface area contributed by atoms with Crippen LogP contribution in [0.4, 0.5) is 0 Å². The fraction of sp³-hybridized carbons (Fsp3) is 0.182. The van der Waals surface area contributed by atoms with E-state index in [2.05, 4.69) is 59.2 Å². The first kappa shape index (κ1) is 14.7. The number of hydrogen-bond acceptors (Lipinski definition) is 3. The predicted molar refractivity (Wildman–Crippen MR) is 87.8 cm³/mol. The second kappa shape index (κ2) is 6.65. The minimum atomic E-state index is -0.0259. The molecule has 0 aliphatic heterocycles. The molecule has 2 heterocycles.